The lowest BCUT2D eigenvalue weighted by Crippen LogP contribution is -2.41. The number of nitrogens with zero attached hydrogens (tertiary/aromatic N) is 2. The van der Waals surface area contributed by atoms with Crippen molar-refractivity contribution in [2.45, 2.75) is 6.42 Å². The van der Waals surface area contributed by atoms with E-state index >= 15 is 0 Å². The van der Waals surface area contributed by atoms with Gasteiger partial charge in [-0.1, -0.05) is 23.7 Å². The van der Waals surface area contributed by atoms with Gasteiger partial charge in [0, 0.05) is 43.9 Å². The van der Waals surface area contributed by atoms with Crippen molar-refractivity contribution in [2.24, 2.45) is 0 Å². The molecule has 0 aromatic heterocycles. The van der Waals surface area contributed by atoms with Crippen molar-refractivity contribution in [2.75, 3.05) is 45.9 Å². The fraction of sp³-hybridized carbons (Fsp3) is 0.444. The molecule has 1 heterocycles. The van der Waals surface area contributed by atoms with E-state index in [1.165, 1.54) is 6.20 Å². The van der Waals surface area contributed by atoms with Gasteiger partial charge in [-0.05, 0) is 24.1 Å². The molecule has 6 nitrogen and oxygen atoms in total. The van der Waals surface area contributed by atoms with E-state index in [0.29, 0.717) is 18.1 Å². The molecule has 0 bridgehead atoms. The molecule has 1 aromatic carbocycles. The summed E-state index contributed by atoms with van der Waals surface area (Å²) < 4.78 is 5.28. The van der Waals surface area contributed by atoms with Gasteiger partial charge >= 0.3 is 0 Å². The van der Waals surface area contributed by atoms with Gasteiger partial charge in [-0.25, -0.2) is 0 Å². The number of nitriles is 1. The first-order valence-electron chi connectivity index (χ1n) is 8.35. The normalized spacial score (nSPS) is 15.4. The number of morpholine rings is 1. The summed E-state index contributed by atoms with van der Waals surface area (Å²) >= 11 is 5.94. The van der Waals surface area contributed by atoms with Crippen LogP contribution in [0.5, 0.6) is 0 Å². The number of carbonyl (C=O) groups is 1. The quantitative estimate of drug-likeness (QED) is 0.414. The SMILES string of the molecule is N#C/C(=C/NCCc1cccc(Cl)c1)C(=O)NCCN1CCOCC1. The van der Waals surface area contributed by atoms with Crippen molar-refractivity contribution in [1.82, 2.24) is 15.5 Å². The zero-order valence-electron chi connectivity index (χ0n) is 14.1. The molecule has 1 amide bonds. The standard InChI is InChI=1S/C18H23ClN4O2/c19-17-3-1-2-15(12-17)4-5-21-14-16(13-20)18(24)22-6-7-23-8-10-25-11-9-23/h1-3,12,14,21H,4-11H2,(H,22,24)/b16-14-. The number of benzene rings is 1. The lowest BCUT2D eigenvalue weighted by Gasteiger charge is -2.26. The van der Waals surface area contributed by atoms with Gasteiger partial charge in [-0.15, -0.1) is 0 Å². The summed E-state index contributed by atoms with van der Waals surface area (Å²) in [5, 5.41) is 15.6. The van der Waals surface area contributed by atoms with E-state index in [9.17, 15) is 4.79 Å². The van der Waals surface area contributed by atoms with Crippen molar-refractivity contribution in [1.29, 1.82) is 5.26 Å². The maximum absolute atomic E-state index is 12.0. The second-order valence-electron chi connectivity index (χ2n) is 5.71. The number of carbonyl (C=O) groups excluding carboxylic acids is 1. The monoisotopic (exact) mass is 362 g/mol. The molecule has 1 aliphatic heterocycles. The van der Waals surface area contributed by atoms with E-state index in [1.807, 2.05) is 30.3 Å². The third kappa shape index (κ3) is 7.14. The van der Waals surface area contributed by atoms with Gasteiger partial charge in [0.05, 0.1) is 13.2 Å². The Kier molecular flexibility index (Phi) is 8.26. The highest BCUT2D eigenvalue weighted by Crippen LogP contribution is 2.10. The third-order valence-electron chi connectivity index (χ3n) is 3.88. The lowest BCUT2D eigenvalue weighted by molar-refractivity contribution is -0.117. The molecule has 1 aliphatic rings. The molecular formula is C18H23ClN4O2. The van der Waals surface area contributed by atoms with E-state index < -0.39 is 0 Å². The topological polar surface area (TPSA) is 77.4 Å². The summed E-state index contributed by atoms with van der Waals surface area (Å²) in [6.07, 6.45) is 2.23. The average Bonchev–Trinajstić information content (AvgIpc) is 2.62. The Bertz CT molecular complexity index is 636. The van der Waals surface area contributed by atoms with Crippen LogP contribution in [0.2, 0.25) is 5.02 Å². The van der Waals surface area contributed by atoms with Gasteiger partial charge in [0.15, 0.2) is 0 Å². The highest BCUT2D eigenvalue weighted by molar-refractivity contribution is 6.30. The van der Waals surface area contributed by atoms with Crippen molar-refractivity contribution in [3.8, 4) is 6.07 Å². The van der Waals surface area contributed by atoms with Gasteiger partial charge in [-0.3, -0.25) is 9.69 Å². The number of rotatable bonds is 8. The van der Waals surface area contributed by atoms with Crippen LogP contribution >= 0.6 is 11.6 Å². The average molecular weight is 363 g/mol. The molecule has 2 N–H and O–H groups in total. The van der Waals surface area contributed by atoms with E-state index in [0.717, 1.165) is 44.8 Å². The molecule has 0 spiro atoms. The second kappa shape index (κ2) is 10.7. The highest BCUT2D eigenvalue weighted by atomic mass is 35.5. The van der Waals surface area contributed by atoms with Crippen molar-refractivity contribution in [3.63, 3.8) is 0 Å². The summed E-state index contributed by atoms with van der Waals surface area (Å²) in [5.74, 6) is -0.356. The van der Waals surface area contributed by atoms with Gasteiger partial charge in [0.2, 0.25) is 0 Å². The smallest absolute Gasteiger partial charge is 0.263 e. The first kappa shape index (κ1) is 19.3. The molecule has 1 saturated heterocycles. The zero-order valence-corrected chi connectivity index (χ0v) is 14.9. The van der Waals surface area contributed by atoms with Crippen LogP contribution < -0.4 is 10.6 Å². The molecule has 0 radical (unpaired) electrons. The van der Waals surface area contributed by atoms with E-state index in [4.69, 9.17) is 21.6 Å². The van der Waals surface area contributed by atoms with Crippen molar-refractivity contribution in [3.05, 3.63) is 46.6 Å². The fourth-order valence-corrected chi connectivity index (χ4v) is 2.69. The molecule has 0 unspecified atom stereocenters. The number of hydrogen-bond acceptors (Lipinski definition) is 5. The minimum atomic E-state index is -0.356. The number of amides is 1. The first-order chi connectivity index (χ1) is 12.2. The van der Waals surface area contributed by atoms with Crippen LogP contribution in [0.4, 0.5) is 0 Å². The summed E-state index contributed by atoms with van der Waals surface area (Å²) in [5.41, 5.74) is 1.18. The summed E-state index contributed by atoms with van der Waals surface area (Å²) in [6.45, 7) is 5.11. The minimum absolute atomic E-state index is 0.0769. The molecule has 2 rings (SSSR count). The maximum atomic E-state index is 12.0. The second-order valence-corrected chi connectivity index (χ2v) is 6.15. The van der Waals surface area contributed by atoms with Crippen molar-refractivity contribution >= 4 is 17.5 Å². The van der Waals surface area contributed by atoms with Crippen LogP contribution in [-0.2, 0) is 16.0 Å². The Balaban J connectivity index is 1.69. The number of ether oxygens (including phenoxy) is 1. The van der Waals surface area contributed by atoms with Crippen LogP contribution in [0, 0.1) is 11.3 Å². The van der Waals surface area contributed by atoms with Crippen LogP contribution in [-0.4, -0.2) is 56.7 Å². The lowest BCUT2D eigenvalue weighted by atomic mass is 10.1. The molecule has 0 saturated carbocycles. The zero-order chi connectivity index (χ0) is 17.9. The van der Waals surface area contributed by atoms with E-state index in [1.54, 1.807) is 0 Å². The predicted molar refractivity (Wildman–Crippen MR) is 97.1 cm³/mol. The van der Waals surface area contributed by atoms with Gasteiger partial charge in [0.25, 0.3) is 5.91 Å². The predicted octanol–water partition coefficient (Wildman–Crippen LogP) is 1.33. The Morgan fingerprint density at radius 3 is 2.88 bits per heavy atom. The molecular weight excluding hydrogens is 340 g/mol. The summed E-state index contributed by atoms with van der Waals surface area (Å²) in [4.78, 5) is 14.2. The van der Waals surface area contributed by atoms with Gasteiger partial charge in [0.1, 0.15) is 11.6 Å². The fourth-order valence-electron chi connectivity index (χ4n) is 2.48. The molecule has 1 fully saturated rings. The molecule has 25 heavy (non-hydrogen) atoms. The van der Waals surface area contributed by atoms with Crippen LogP contribution in [0.3, 0.4) is 0 Å². The number of hydrogen-bond donors (Lipinski definition) is 2. The summed E-state index contributed by atoms with van der Waals surface area (Å²) in [7, 11) is 0. The number of nitrogens with one attached hydrogen (secondary N) is 2. The third-order valence-corrected chi connectivity index (χ3v) is 4.11. The molecule has 7 heteroatoms. The van der Waals surface area contributed by atoms with Gasteiger partial charge in [-0.2, -0.15) is 5.26 Å². The van der Waals surface area contributed by atoms with E-state index in [-0.39, 0.29) is 11.5 Å². The molecule has 1 aromatic rings. The van der Waals surface area contributed by atoms with Crippen LogP contribution in [0.25, 0.3) is 0 Å². The van der Waals surface area contributed by atoms with Gasteiger partial charge < -0.3 is 15.4 Å². The highest BCUT2D eigenvalue weighted by Gasteiger charge is 2.12. The van der Waals surface area contributed by atoms with E-state index in [2.05, 4.69) is 15.5 Å². The molecule has 134 valence electrons. The minimum Gasteiger partial charge on any atom is -0.389 e. The summed E-state index contributed by atoms with van der Waals surface area (Å²) in [6, 6.07) is 9.54. The Hall–Kier alpha value is -2.07. The number of halogens is 1. The molecule has 0 aliphatic carbocycles. The van der Waals surface area contributed by atoms with Crippen LogP contribution in [0.15, 0.2) is 36.0 Å². The maximum Gasteiger partial charge on any atom is 0.263 e. The Morgan fingerprint density at radius 1 is 1.36 bits per heavy atom. The largest absolute Gasteiger partial charge is 0.389 e. The Labute approximate surface area is 153 Å². The first-order valence-corrected chi connectivity index (χ1v) is 8.73. The van der Waals surface area contributed by atoms with Crippen molar-refractivity contribution < 1.29 is 9.53 Å². The molecule has 0 atom stereocenters. The van der Waals surface area contributed by atoms with Crippen LogP contribution in [0.1, 0.15) is 5.56 Å². The Morgan fingerprint density at radius 2 is 2.16 bits per heavy atom.